The first-order valence-corrected chi connectivity index (χ1v) is 10.7. The molecule has 2 N–H and O–H groups in total. The molecule has 2 aromatic carbocycles. The van der Waals surface area contributed by atoms with Gasteiger partial charge in [-0.2, -0.15) is 0 Å². The molecule has 0 aliphatic carbocycles. The SMILES string of the molecule is CN=C(NCc1ccc(CN2CCCCC2)cc1)NCc1cccc(OC)c1OC. The molecule has 0 unspecified atom stereocenters. The van der Waals surface area contributed by atoms with Crippen molar-refractivity contribution in [3.05, 3.63) is 59.2 Å². The molecular weight excluding hydrogens is 376 g/mol. The molecule has 1 aliphatic heterocycles. The van der Waals surface area contributed by atoms with Crippen LogP contribution in [-0.2, 0) is 19.6 Å². The molecule has 6 heteroatoms. The molecule has 1 aliphatic rings. The predicted molar refractivity (Wildman–Crippen MR) is 122 cm³/mol. The zero-order chi connectivity index (χ0) is 21.2. The molecular formula is C24H34N4O2. The van der Waals surface area contributed by atoms with Crippen LogP contribution >= 0.6 is 0 Å². The summed E-state index contributed by atoms with van der Waals surface area (Å²) in [5.41, 5.74) is 3.63. The number of hydrogen-bond donors (Lipinski definition) is 2. The first kappa shape index (κ1) is 22.0. The third kappa shape index (κ3) is 6.13. The van der Waals surface area contributed by atoms with E-state index in [4.69, 9.17) is 9.47 Å². The molecule has 1 heterocycles. The lowest BCUT2D eigenvalue weighted by molar-refractivity contribution is 0.221. The van der Waals surface area contributed by atoms with Crippen molar-refractivity contribution >= 4 is 5.96 Å². The summed E-state index contributed by atoms with van der Waals surface area (Å²) in [7, 11) is 5.08. The molecule has 0 saturated carbocycles. The second-order valence-corrected chi connectivity index (χ2v) is 7.59. The molecule has 1 fully saturated rings. The van der Waals surface area contributed by atoms with Gasteiger partial charge in [0.15, 0.2) is 17.5 Å². The number of aliphatic imine (C=N–C) groups is 1. The van der Waals surface area contributed by atoms with Crippen LogP contribution in [0.3, 0.4) is 0 Å². The van der Waals surface area contributed by atoms with Gasteiger partial charge >= 0.3 is 0 Å². The summed E-state index contributed by atoms with van der Waals surface area (Å²) in [4.78, 5) is 6.88. The molecule has 0 aromatic heterocycles. The standard InChI is InChI=1S/C24H34N4O2/c1-25-24(27-17-21-8-7-9-22(29-2)23(21)30-3)26-16-19-10-12-20(13-11-19)18-28-14-5-4-6-15-28/h7-13H,4-6,14-18H2,1-3H3,(H2,25,26,27). The van der Waals surface area contributed by atoms with E-state index in [0.717, 1.165) is 36.1 Å². The zero-order valence-corrected chi connectivity index (χ0v) is 18.4. The van der Waals surface area contributed by atoms with E-state index < -0.39 is 0 Å². The fourth-order valence-corrected chi connectivity index (χ4v) is 3.82. The molecule has 0 spiro atoms. The number of rotatable bonds is 8. The van der Waals surface area contributed by atoms with Crippen LogP contribution in [0.4, 0.5) is 0 Å². The lowest BCUT2D eigenvalue weighted by atomic mass is 10.1. The Balaban J connectivity index is 1.49. The molecule has 0 radical (unpaired) electrons. The Morgan fingerprint density at radius 3 is 2.27 bits per heavy atom. The minimum atomic E-state index is 0.592. The topological polar surface area (TPSA) is 58.1 Å². The second kappa shape index (κ2) is 11.5. The highest BCUT2D eigenvalue weighted by molar-refractivity contribution is 5.79. The van der Waals surface area contributed by atoms with Crippen molar-refractivity contribution in [1.82, 2.24) is 15.5 Å². The Kier molecular flexibility index (Phi) is 8.39. The number of piperidine rings is 1. The van der Waals surface area contributed by atoms with E-state index in [9.17, 15) is 0 Å². The number of ether oxygens (including phenoxy) is 2. The van der Waals surface area contributed by atoms with Gasteiger partial charge in [-0.15, -0.1) is 0 Å². The van der Waals surface area contributed by atoms with Crippen molar-refractivity contribution in [2.45, 2.75) is 38.9 Å². The third-order valence-corrected chi connectivity index (χ3v) is 5.49. The first-order chi connectivity index (χ1) is 14.7. The number of benzene rings is 2. The molecule has 162 valence electrons. The Hall–Kier alpha value is -2.73. The molecule has 0 bridgehead atoms. The van der Waals surface area contributed by atoms with E-state index in [1.54, 1.807) is 21.3 Å². The number of para-hydroxylation sites is 1. The van der Waals surface area contributed by atoms with E-state index in [2.05, 4.69) is 44.8 Å². The van der Waals surface area contributed by atoms with Gasteiger partial charge < -0.3 is 20.1 Å². The van der Waals surface area contributed by atoms with Crippen molar-refractivity contribution in [1.29, 1.82) is 0 Å². The molecule has 30 heavy (non-hydrogen) atoms. The Morgan fingerprint density at radius 1 is 0.900 bits per heavy atom. The predicted octanol–water partition coefficient (Wildman–Crippen LogP) is 3.55. The summed E-state index contributed by atoms with van der Waals surface area (Å²) in [5, 5.41) is 6.72. The molecule has 0 amide bonds. The van der Waals surface area contributed by atoms with Crippen molar-refractivity contribution in [2.75, 3.05) is 34.4 Å². The van der Waals surface area contributed by atoms with Gasteiger partial charge in [0, 0.05) is 32.2 Å². The average Bonchev–Trinajstić information content (AvgIpc) is 2.80. The summed E-state index contributed by atoms with van der Waals surface area (Å²) in [5.74, 6) is 2.22. The van der Waals surface area contributed by atoms with E-state index in [1.807, 2.05) is 18.2 Å². The molecule has 2 aromatic rings. The van der Waals surface area contributed by atoms with Gasteiger partial charge in [0.2, 0.25) is 0 Å². The van der Waals surface area contributed by atoms with Gasteiger partial charge in [-0.3, -0.25) is 9.89 Å². The largest absolute Gasteiger partial charge is 0.493 e. The Morgan fingerprint density at radius 2 is 1.60 bits per heavy atom. The zero-order valence-electron chi connectivity index (χ0n) is 18.4. The highest BCUT2D eigenvalue weighted by Gasteiger charge is 2.11. The fourth-order valence-electron chi connectivity index (χ4n) is 3.82. The van der Waals surface area contributed by atoms with Gasteiger partial charge in [0.05, 0.1) is 14.2 Å². The van der Waals surface area contributed by atoms with Crippen LogP contribution in [-0.4, -0.2) is 45.2 Å². The van der Waals surface area contributed by atoms with E-state index in [0.29, 0.717) is 6.54 Å². The maximum atomic E-state index is 5.50. The van der Waals surface area contributed by atoms with Gasteiger partial charge in [0.1, 0.15) is 0 Å². The number of likely N-dealkylation sites (tertiary alicyclic amines) is 1. The first-order valence-electron chi connectivity index (χ1n) is 10.7. The monoisotopic (exact) mass is 410 g/mol. The van der Waals surface area contributed by atoms with Gasteiger partial charge in [-0.25, -0.2) is 0 Å². The number of hydrogen-bond acceptors (Lipinski definition) is 4. The van der Waals surface area contributed by atoms with Gasteiger partial charge in [-0.1, -0.05) is 42.8 Å². The molecule has 0 atom stereocenters. The van der Waals surface area contributed by atoms with Crippen LogP contribution in [0.1, 0.15) is 36.0 Å². The Labute approximate surface area is 180 Å². The summed E-state index contributed by atoms with van der Waals surface area (Å²) in [6.45, 7) is 4.82. The number of nitrogens with zero attached hydrogens (tertiary/aromatic N) is 2. The lowest BCUT2D eigenvalue weighted by Gasteiger charge is -2.26. The maximum Gasteiger partial charge on any atom is 0.191 e. The fraction of sp³-hybridized carbons (Fsp3) is 0.458. The van der Waals surface area contributed by atoms with Crippen LogP contribution in [0.25, 0.3) is 0 Å². The number of guanidine groups is 1. The van der Waals surface area contributed by atoms with Crippen LogP contribution in [0, 0.1) is 0 Å². The normalized spacial score (nSPS) is 15.0. The quantitative estimate of drug-likeness (QED) is 0.515. The van der Waals surface area contributed by atoms with Gasteiger partial charge in [0.25, 0.3) is 0 Å². The van der Waals surface area contributed by atoms with Gasteiger partial charge in [-0.05, 0) is 43.1 Å². The smallest absolute Gasteiger partial charge is 0.191 e. The summed E-state index contributed by atoms with van der Waals surface area (Å²) >= 11 is 0. The Bertz CT molecular complexity index is 814. The average molecular weight is 411 g/mol. The highest BCUT2D eigenvalue weighted by Crippen LogP contribution is 2.30. The lowest BCUT2D eigenvalue weighted by Crippen LogP contribution is -2.36. The summed E-state index contributed by atoms with van der Waals surface area (Å²) < 4.78 is 10.9. The van der Waals surface area contributed by atoms with E-state index >= 15 is 0 Å². The van der Waals surface area contributed by atoms with E-state index in [-0.39, 0.29) is 0 Å². The van der Waals surface area contributed by atoms with Crippen LogP contribution < -0.4 is 20.1 Å². The highest BCUT2D eigenvalue weighted by atomic mass is 16.5. The minimum Gasteiger partial charge on any atom is -0.493 e. The van der Waals surface area contributed by atoms with Crippen LogP contribution in [0.5, 0.6) is 11.5 Å². The van der Waals surface area contributed by atoms with E-state index in [1.165, 1.54) is 43.5 Å². The van der Waals surface area contributed by atoms with Crippen molar-refractivity contribution in [3.8, 4) is 11.5 Å². The van der Waals surface area contributed by atoms with Crippen molar-refractivity contribution in [2.24, 2.45) is 4.99 Å². The van der Waals surface area contributed by atoms with Crippen molar-refractivity contribution < 1.29 is 9.47 Å². The minimum absolute atomic E-state index is 0.592. The van der Waals surface area contributed by atoms with Crippen LogP contribution in [0.2, 0.25) is 0 Å². The van der Waals surface area contributed by atoms with Crippen molar-refractivity contribution in [3.63, 3.8) is 0 Å². The molecule has 3 rings (SSSR count). The summed E-state index contributed by atoms with van der Waals surface area (Å²) in [6.07, 6.45) is 4.03. The van der Waals surface area contributed by atoms with Crippen LogP contribution in [0.15, 0.2) is 47.5 Å². The number of methoxy groups -OCH3 is 2. The third-order valence-electron chi connectivity index (χ3n) is 5.49. The summed E-state index contributed by atoms with van der Waals surface area (Å²) in [6, 6.07) is 14.7. The second-order valence-electron chi connectivity index (χ2n) is 7.59. The maximum absolute atomic E-state index is 5.50. The number of nitrogens with one attached hydrogen (secondary N) is 2. The molecule has 1 saturated heterocycles. The molecule has 6 nitrogen and oxygen atoms in total.